The number of benzene rings is 2. The van der Waals surface area contributed by atoms with Crippen LogP contribution in [0.5, 0.6) is 0 Å². The van der Waals surface area contributed by atoms with Crippen LogP contribution in [0.1, 0.15) is 5.56 Å². The third-order valence-corrected chi connectivity index (χ3v) is 2.91. The lowest BCUT2D eigenvalue weighted by molar-refractivity contribution is 1.39. The molecule has 0 N–H and O–H groups in total. The molecule has 0 aliphatic heterocycles. The van der Waals surface area contributed by atoms with Crippen molar-refractivity contribution in [3.05, 3.63) is 47.3 Å². The maximum absolute atomic E-state index is 4.41. The molecule has 1 nitrogen and oxygen atoms in total. The van der Waals surface area contributed by atoms with Gasteiger partial charge in [-0.05, 0) is 34.5 Å². The van der Waals surface area contributed by atoms with E-state index >= 15 is 0 Å². The van der Waals surface area contributed by atoms with Crippen LogP contribution in [0.15, 0.2) is 36.5 Å². The summed E-state index contributed by atoms with van der Waals surface area (Å²) in [5.74, 6) is 0. The summed E-state index contributed by atoms with van der Waals surface area (Å²) in [6.07, 6.45) is 1.85. The third-order valence-electron chi connectivity index (χ3n) is 2.91. The molecule has 0 aliphatic carbocycles. The third kappa shape index (κ3) is 1.06. The lowest BCUT2D eigenvalue weighted by atomic mass is 10.00. The topological polar surface area (TPSA) is 12.9 Å². The van der Waals surface area contributed by atoms with Crippen LogP contribution in [0, 0.1) is 6.92 Å². The van der Waals surface area contributed by atoms with Gasteiger partial charge in [0.15, 0.2) is 0 Å². The van der Waals surface area contributed by atoms with Crippen molar-refractivity contribution in [3.63, 3.8) is 0 Å². The molecule has 1 aromatic heterocycles. The number of nitrogens with zero attached hydrogens (tertiary/aromatic N) is 1. The number of aryl methyl sites for hydroxylation is 1. The Balaban J connectivity index is 2.79. The van der Waals surface area contributed by atoms with E-state index in [1.807, 2.05) is 18.3 Å². The molecule has 1 heteroatoms. The number of rotatable bonds is 0. The number of aromatic nitrogens is 1. The molecule has 0 radical (unpaired) electrons. The highest BCUT2D eigenvalue weighted by Crippen LogP contribution is 2.24. The lowest BCUT2D eigenvalue weighted by Gasteiger charge is -2.07. The normalized spacial score (nSPS) is 11.3. The van der Waals surface area contributed by atoms with Crippen LogP contribution in [0.25, 0.3) is 28.3 Å². The van der Waals surface area contributed by atoms with E-state index in [1.165, 1.54) is 21.7 Å². The average molecular weight is 193 g/mol. The van der Waals surface area contributed by atoms with Crippen LogP contribution < -0.4 is 5.22 Å². The highest BCUT2D eigenvalue weighted by atomic mass is 14.6. The number of pyridine rings is 1. The molecule has 0 amide bonds. The van der Waals surface area contributed by atoms with E-state index in [9.17, 15) is 0 Å². The first-order chi connectivity index (χ1) is 7.27. The number of hydrogen-bond donors (Lipinski definition) is 0. The molecule has 3 rings (SSSR count). The second-order valence-corrected chi connectivity index (χ2v) is 3.92. The van der Waals surface area contributed by atoms with E-state index in [0.717, 1.165) is 10.7 Å². The van der Waals surface area contributed by atoms with Gasteiger partial charge in [-0.1, -0.05) is 30.8 Å². The Morgan fingerprint density at radius 2 is 1.93 bits per heavy atom. The second-order valence-electron chi connectivity index (χ2n) is 3.92. The molecule has 1 heterocycles. The summed E-state index contributed by atoms with van der Waals surface area (Å²) >= 11 is 0. The van der Waals surface area contributed by atoms with Gasteiger partial charge >= 0.3 is 0 Å². The summed E-state index contributed by atoms with van der Waals surface area (Å²) in [6.45, 7) is 6.17. The zero-order chi connectivity index (χ0) is 10.4. The molecule has 0 atom stereocenters. The van der Waals surface area contributed by atoms with Gasteiger partial charge in [0, 0.05) is 11.6 Å². The van der Waals surface area contributed by atoms with Crippen LogP contribution in [0.4, 0.5) is 0 Å². The standard InChI is InChI=1S/C14H11N/c1-9-6-7-11-4-3-5-12-14(11)13(9)10(2)8-15-12/h3-8H,2H2,1H3. The fraction of sp³-hybridized carbons (Fsp3) is 0.0714. The summed E-state index contributed by atoms with van der Waals surface area (Å²) in [7, 11) is 0. The molecular formula is C14H11N. The fourth-order valence-electron chi connectivity index (χ4n) is 2.20. The Bertz CT molecular complexity index is 682. The van der Waals surface area contributed by atoms with E-state index in [-0.39, 0.29) is 0 Å². The minimum absolute atomic E-state index is 1.01. The van der Waals surface area contributed by atoms with Gasteiger partial charge in [0.1, 0.15) is 0 Å². The zero-order valence-corrected chi connectivity index (χ0v) is 8.62. The molecule has 72 valence electrons. The van der Waals surface area contributed by atoms with E-state index in [4.69, 9.17) is 0 Å². The second kappa shape index (κ2) is 2.80. The highest BCUT2D eigenvalue weighted by molar-refractivity contribution is 6.09. The summed E-state index contributed by atoms with van der Waals surface area (Å²) in [5, 5.41) is 4.74. The molecule has 0 saturated heterocycles. The summed E-state index contributed by atoms with van der Waals surface area (Å²) in [6, 6.07) is 10.5. The van der Waals surface area contributed by atoms with Crippen molar-refractivity contribution in [2.75, 3.05) is 0 Å². The zero-order valence-electron chi connectivity index (χ0n) is 8.62. The molecule has 0 bridgehead atoms. The van der Waals surface area contributed by atoms with Crippen molar-refractivity contribution in [1.29, 1.82) is 0 Å². The summed E-state index contributed by atoms with van der Waals surface area (Å²) in [5.41, 5.74) is 2.32. The molecule has 0 aliphatic rings. The van der Waals surface area contributed by atoms with E-state index < -0.39 is 0 Å². The van der Waals surface area contributed by atoms with Crippen molar-refractivity contribution >= 4 is 28.3 Å². The summed E-state index contributed by atoms with van der Waals surface area (Å²) < 4.78 is 0. The summed E-state index contributed by atoms with van der Waals surface area (Å²) in [4.78, 5) is 4.41. The van der Waals surface area contributed by atoms with Crippen molar-refractivity contribution in [2.45, 2.75) is 6.92 Å². The van der Waals surface area contributed by atoms with Gasteiger partial charge in [-0.3, -0.25) is 4.98 Å². The van der Waals surface area contributed by atoms with Gasteiger partial charge in [0.2, 0.25) is 0 Å². The molecular weight excluding hydrogens is 182 g/mol. The van der Waals surface area contributed by atoms with Crippen LogP contribution in [-0.4, -0.2) is 4.98 Å². The van der Waals surface area contributed by atoms with Gasteiger partial charge in [0.25, 0.3) is 0 Å². The molecule has 0 fully saturated rings. The van der Waals surface area contributed by atoms with Crippen molar-refractivity contribution in [1.82, 2.24) is 4.98 Å². The van der Waals surface area contributed by atoms with Gasteiger partial charge in [-0.2, -0.15) is 0 Å². The Kier molecular flexibility index (Phi) is 1.57. The van der Waals surface area contributed by atoms with E-state index in [1.54, 1.807) is 0 Å². The van der Waals surface area contributed by atoms with Gasteiger partial charge < -0.3 is 0 Å². The number of hydrogen-bond acceptors (Lipinski definition) is 1. The average Bonchev–Trinajstić information content (AvgIpc) is 2.25. The largest absolute Gasteiger partial charge is 0.256 e. The molecule has 15 heavy (non-hydrogen) atoms. The van der Waals surface area contributed by atoms with Crippen LogP contribution in [-0.2, 0) is 0 Å². The Hall–Kier alpha value is -1.89. The van der Waals surface area contributed by atoms with Crippen molar-refractivity contribution < 1.29 is 0 Å². The van der Waals surface area contributed by atoms with Gasteiger partial charge in [-0.15, -0.1) is 0 Å². The molecule has 0 spiro atoms. The Labute approximate surface area is 88.0 Å². The first-order valence-corrected chi connectivity index (χ1v) is 5.03. The fourth-order valence-corrected chi connectivity index (χ4v) is 2.20. The Morgan fingerprint density at radius 1 is 1.07 bits per heavy atom. The predicted molar refractivity (Wildman–Crippen MR) is 64.7 cm³/mol. The first-order valence-electron chi connectivity index (χ1n) is 5.03. The van der Waals surface area contributed by atoms with E-state index in [2.05, 4.69) is 36.7 Å². The van der Waals surface area contributed by atoms with Gasteiger partial charge in [-0.25, -0.2) is 0 Å². The smallest absolute Gasteiger partial charge is 0.0714 e. The minimum atomic E-state index is 1.01. The van der Waals surface area contributed by atoms with E-state index in [0.29, 0.717) is 0 Å². The van der Waals surface area contributed by atoms with Gasteiger partial charge in [0.05, 0.1) is 5.52 Å². The predicted octanol–water partition coefficient (Wildman–Crippen LogP) is 2.83. The molecule has 2 aromatic carbocycles. The maximum Gasteiger partial charge on any atom is 0.0714 e. The Morgan fingerprint density at radius 3 is 2.80 bits per heavy atom. The van der Waals surface area contributed by atoms with Crippen molar-refractivity contribution in [3.8, 4) is 0 Å². The SMILES string of the molecule is C=c1cnc2cccc3ccc(C)c1c32. The van der Waals surface area contributed by atoms with Crippen LogP contribution in [0.2, 0.25) is 0 Å². The first kappa shape index (κ1) is 8.42. The maximum atomic E-state index is 4.41. The monoisotopic (exact) mass is 193 g/mol. The molecule has 0 saturated carbocycles. The van der Waals surface area contributed by atoms with Crippen LogP contribution in [0.3, 0.4) is 0 Å². The van der Waals surface area contributed by atoms with Crippen LogP contribution >= 0.6 is 0 Å². The molecule has 0 unspecified atom stereocenters. The lowest BCUT2D eigenvalue weighted by Crippen LogP contribution is -2.03. The molecule has 3 aromatic rings. The quantitative estimate of drug-likeness (QED) is 0.535. The highest BCUT2D eigenvalue weighted by Gasteiger charge is 2.04. The van der Waals surface area contributed by atoms with Crippen molar-refractivity contribution in [2.24, 2.45) is 0 Å². The minimum Gasteiger partial charge on any atom is -0.256 e.